The van der Waals surface area contributed by atoms with Crippen molar-refractivity contribution in [3.05, 3.63) is 18.0 Å². The van der Waals surface area contributed by atoms with E-state index < -0.39 is 0 Å². The highest BCUT2D eigenvalue weighted by Crippen LogP contribution is 2.20. The van der Waals surface area contributed by atoms with Crippen molar-refractivity contribution in [2.24, 2.45) is 0 Å². The summed E-state index contributed by atoms with van der Waals surface area (Å²) in [5.74, 6) is 0.825. The smallest absolute Gasteiger partial charge is 0.225 e. The number of anilines is 1. The van der Waals surface area contributed by atoms with Crippen LogP contribution in [0.25, 0.3) is 0 Å². The molecule has 0 spiro atoms. The molecule has 0 aromatic carbocycles. The van der Waals surface area contributed by atoms with Gasteiger partial charge in [0.25, 0.3) is 0 Å². The lowest BCUT2D eigenvalue weighted by atomic mass is 10.2. The first-order valence-corrected chi connectivity index (χ1v) is 6.69. The molecule has 1 saturated carbocycles. The second kappa shape index (κ2) is 5.20. The number of aromatic nitrogens is 2. The summed E-state index contributed by atoms with van der Waals surface area (Å²) < 4.78 is 5.57. The average molecular weight is 248 g/mol. The van der Waals surface area contributed by atoms with Gasteiger partial charge >= 0.3 is 0 Å². The van der Waals surface area contributed by atoms with Gasteiger partial charge in [-0.2, -0.15) is 0 Å². The molecule has 1 aliphatic carbocycles. The Balaban J connectivity index is 1.67. The Hall–Kier alpha value is -1.20. The van der Waals surface area contributed by atoms with Crippen LogP contribution in [0.4, 0.5) is 5.95 Å². The van der Waals surface area contributed by atoms with E-state index in [1.165, 1.54) is 12.8 Å². The summed E-state index contributed by atoms with van der Waals surface area (Å²) in [6, 6.07) is 1.08. The molecule has 1 atom stereocenters. The molecular formula is C13H20N4O. The monoisotopic (exact) mass is 248 g/mol. The van der Waals surface area contributed by atoms with Gasteiger partial charge in [-0.05, 0) is 25.3 Å². The van der Waals surface area contributed by atoms with E-state index in [4.69, 9.17) is 4.74 Å². The summed E-state index contributed by atoms with van der Waals surface area (Å²) in [6.07, 6.45) is 6.38. The van der Waals surface area contributed by atoms with E-state index in [1.807, 2.05) is 19.3 Å². The topological polar surface area (TPSA) is 50.3 Å². The molecule has 3 rings (SSSR count). The number of rotatable bonds is 4. The van der Waals surface area contributed by atoms with Gasteiger partial charge < -0.3 is 15.0 Å². The molecule has 0 radical (unpaired) electrons. The Labute approximate surface area is 108 Å². The van der Waals surface area contributed by atoms with Crippen molar-refractivity contribution in [1.82, 2.24) is 15.3 Å². The first-order chi connectivity index (χ1) is 8.83. The minimum atomic E-state index is 0.349. The fraction of sp³-hybridized carbons (Fsp3) is 0.692. The van der Waals surface area contributed by atoms with Gasteiger partial charge in [-0.25, -0.2) is 9.97 Å². The summed E-state index contributed by atoms with van der Waals surface area (Å²) in [7, 11) is 0. The molecule has 0 bridgehead atoms. The van der Waals surface area contributed by atoms with Crippen molar-refractivity contribution in [1.29, 1.82) is 0 Å². The Morgan fingerprint density at radius 3 is 2.89 bits per heavy atom. The van der Waals surface area contributed by atoms with Crippen molar-refractivity contribution in [2.75, 3.05) is 31.2 Å². The third-order valence-electron chi connectivity index (χ3n) is 3.47. The molecule has 2 aliphatic rings. The molecule has 18 heavy (non-hydrogen) atoms. The quantitative estimate of drug-likeness (QED) is 0.852. The van der Waals surface area contributed by atoms with Crippen LogP contribution >= 0.6 is 0 Å². The van der Waals surface area contributed by atoms with Gasteiger partial charge in [0.05, 0.1) is 19.3 Å². The van der Waals surface area contributed by atoms with Crippen molar-refractivity contribution in [3.63, 3.8) is 0 Å². The van der Waals surface area contributed by atoms with Crippen molar-refractivity contribution < 1.29 is 4.74 Å². The maximum Gasteiger partial charge on any atom is 0.225 e. The number of morpholine rings is 1. The maximum absolute atomic E-state index is 5.57. The van der Waals surface area contributed by atoms with Crippen molar-refractivity contribution in [2.45, 2.75) is 31.8 Å². The Morgan fingerprint density at radius 2 is 2.17 bits per heavy atom. The van der Waals surface area contributed by atoms with Crippen LogP contribution in [-0.4, -0.2) is 48.4 Å². The van der Waals surface area contributed by atoms with Gasteiger partial charge in [0, 0.05) is 31.5 Å². The van der Waals surface area contributed by atoms with Gasteiger partial charge in [0.15, 0.2) is 0 Å². The largest absolute Gasteiger partial charge is 0.377 e. The summed E-state index contributed by atoms with van der Waals surface area (Å²) in [5, 5.41) is 3.56. The Bertz CT molecular complexity index is 390. The Morgan fingerprint density at radius 1 is 1.39 bits per heavy atom. The number of hydrogen-bond donors (Lipinski definition) is 1. The summed E-state index contributed by atoms with van der Waals surface area (Å²) in [5.41, 5.74) is 1.10. The van der Waals surface area contributed by atoms with E-state index in [0.29, 0.717) is 6.04 Å². The van der Waals surface area contributed by atoms with Crippen LogP contribution in [0.15, 0.2) is 12.4 Å². The van der Waals surface area contributed by atoms with Crippen molar-refractivity contribution >= 4 is 5.95 Å². The zero-order valence-electron chi connectivity index (χ0n) is 10.8. The van der Waals surface area contributed by atoms with Crippen LogP contribution in [0, 0.1) is 6.92 Å². The molecular weight excluding hydrogens is 228 g/mol. The predicted octanol–water partition coefficient (Wildman–Crippen LogP) is 0.742. The second-order valence-electron chi connectivity index (χ2n) is 5.17. The van der Waals surface area contributed by atoms with E-state index in [2.05, 4.69) is 20.2 Å². The third-order valence-corrected chi connectivity index (χ3v) is 3.47. The zero-order chi connectivity index (χ0) is 12.4. The highest BCUT2D eigenvalue weighted by Gasteiger charge is 2.28. The van der Waals surface area contributed by atoms with Gasteiger partial charge in [-0.15, -0.1) is 0 Å². The van der Waals surface area contributed by atoms with Gasteiger partial charge in [0.2, 0.25) is 5.95 Å². The van der Waals surface area contributed by atoms with Gasteiger partial charge in [-0.1, -0.05) is 0 Å². The predicted molar refractivity (Wildman–Crippen MR) is 69.7 cm³/mol. The molecule has 0 amide bonds. The fourth-order valence-corrected chi connectivity index (χ4v) is 2.21. The lowest BCUT2D eigenvalue weighted by Gasteiger charge is -2.35. The van der Waals surface area contributed by atoms with Gasteiger partial charge in [-0.3, -0.25) is 0 Å². The van der Waals surface area contributed by atoms with Crippen LogP contribution in [0.5, 0.6) is 0 Å². The first kappa shape index (κ1) is 11.9. The highest BCUT2D eigenvalue weighted by molar-refractivity contribution is 5.32. The SMILES string of the molecule is Cc1cnc(N2CCOCC2CNC2CC2)nc1. The molecule has 1 aromatic rings. The van der Waals surface area contributed by atoms with Crippen LogP contribution in [0.1, 0.15) is 18.4 Å². The van der Waals surface area contributed by atoms with Crippen LogP contribution < -0.4 is 10.2 Å². The second-order valence-corrected chi connectivity index (χ2v) is 5.17. The minimum Gasteiger partial charge on any atom is -0.377 e. The molecule has 1 N–H and O–H groups in total. The Kier molecular flexibility index (Phi) is 3.43. The molecule has 98 valence electrons. The number of nitrogens with zero attached hydrogens (tertiary/aromatic N) is 3. The average Bonchev–Trinajstić information content (AvgIpc) is 3.22. The van der Waals surface area contributed by atoms with E-state index >= 15 is 0 Å². The number of ether oxygens (including phenoxy) is 1. The summed E-state index contributed by atoms with van der Waals surface area (Å²) >= 11 is 0. The van der Waals surface area contributed by atoms with E-state index in [9.17, 15) is 0 Å². The first-order valence-electron chi connectivity index (χ1n) is 6.69. The molecule has 1 aliphatic heterocycles. The molecule has 1 saturated heterocycles. The van der Waals surface area contributed by atoms with Crippen molar-refractivity contribution in [3.8, 4) is 0 Å². The molecule has 5 heteroatoms. The highest BCUT2D eigenvalue weighted by atomic mass is 16.5. The number of nitrogens with one attached hydrogen (secondary N) is 1. The summed E-state index contributed by atoms with van der Waals surface area (Å²) in [6.45, 7) is 5.37. The normalized spacial score (nSPS) is 24.3. The number of hydrogen-bond acceptors (Lipinski definition) is 5. The van der Waals surface area contributed by atoms with Gasteiger partial charge in [0.1, 0.15) is 0 Å². The lowest BCUT2D eigenvalue weighted by Crippen LogP contribution is -2.51. The van der Waals surface area contributed by atoms with E-state index in [1.54, 1.807) is 0 Å². The molecule has 5 nitrogen and oxygen atoms in total. The van der Waals surface area contributed by atoms with Crippen LogP contribution in [-0.2, 0) is 4.74 Å². The molecule has 1 unspecified atom stereocenters. The third kappa shape index (κ3) is 2.79. The molecule has 2 fully saturated rings. The maximum atomic E-state index is 5.57. The van der Waals surface area contributed by atoms with Crippen LogP contribution in [0.3, 0.4) is 0 Å². The number of aryl methyl sites for hydroxylation is 1. The van der Waals surface area contributed by atoms with E-state index in [-0.39, 0.29) is 0 Å². The van der Waals surface area contributed by atoms with Crippen LogP contribution in [0.2, 0.25) is 0 Å². The lowest BCUT2D eigenvalue weighted by molar-refractivity contribution is 0.0928. The standard InChI is InChI=1S/C13H20N4O/c1-10-6-15-13(16-7-10)17-4-5-18-9-12(17)8-14-11-2-3-11/h6-7,11-12,14H,2-5,8-9H2,1H3. The zero-order valence-corrected chi connectivity index (χ0v) is 10.8. The fourth-order valence-electron chi connectivity index (χ4n) is 2.21. The molecule has 1 aromatic heterocycles. The minimum absolute atomic E-state index is 0.349. The summed E-state index contributed by atoms with van der Waals surface area (Å²) in [4.78, 5) is 11.1. The molecule has 2 heterocycles. The van der Waals surface area contributed by atoms with E-state index in [0.717, 1.165) is 43.9 Å².